The fourth-order valence-corrected chi connectivity index (χ4v) is 1.55. The average molecular weight is 196 g/mol. The van der Waals surface area contributed by atoms with Gasteiger partial charge in [-0.2, -0.15) is 0 Å². The van der Waals surface area contributed by atoms with Gasteiger partial charge in [-0.25, -0.2) is 0 Å². The molecule has 0 saturated heterocycles. The first-order chi connectivity index (χ1) is 6.81. The largest absolute Gasteiger partial charge is 0.390 e. The summed E-state index contributed by atoms with van der Waals surface area (Å²) in [5.41, 5.74) is 0. The van der Waals surface area contributed by atoms with Crippen molar-refractivity contribution in [3.8, 4) is 0 Å². The Bertz CT molecular complexity index is 152. The normalized spacial score (nSPS) is 13.0. The first kappa shape index (κ1) is 13.2. The van der Waals surface area contributed by atoms with Gasteiger partial charge in [0.25, 0.3) is 0 Å². The molecule has 82 valence electrons. The minimum atomic E-state index is 0.894. The molecule has 0 spiro atoms. The summed E-state index contributed by atoms with van der Waals surface area (Å²) in [4.78, 5) is 3.61. The second-order valence-electron chi connectivity index (χ2n) is 3.84. The first-order valence-electron chi connectivity index (χ1n) is 5.65. The van der Waals surface area contributed by atoms with Crippen LogP contribution in [0.4, 0.5) is 0 Å². The first-order valence-corrected chi connectivity index (χ1v) is 5.65. The zero-order valence-corrected chi connectivity index (χ0v) is 9.63. The molecule has 0 aromatic carbocycles. The van der Waals surface area contributed by atoms with Crippen molar-refractivity contribution in [3.05, 3.63) is 12.4 Å². The van der Waals surface area contributed by atoms with Gasteiger partial charge in [0.15, 0.2) is 0 Å². The third-order valence-electron chi connectivity index (χ3n) is 2.35. The zero-order chi connectivity index (χ0) is 10.6. The number of nitrogens with zero attached hydrogens (tertiary/aromatic N) is 1. The highest BCUT2D eigenvalue weighted by atomic mass is 14.8. The molecular weight excluding hydrogens is 172 g/mol. The molecule has 0 aliphatic rings. The number of rotatable bonds is 9. The summed E-state index contributed by atoms with van der Waals surface area (Å²) in [6.45, 7) is 9.01. The van der Waals surface area contributed by atoms with Crippen molar-refractivity contribution in [1.82, 2.24) is 5.32 Å². The molecule has 0 radical (unpaired) electrons. The number of unbranched alkanes of at least 4 members (excludes halogenated alkanes) is 1. The molecule has 0 amide bonds. The second kappa shape index (κ2) is 10.3. The topological polar surface area (TPSA) is 24.4 Å². The number of hydrogen-bond donors (Lipinski definition) is 1. The molecule has 0 aliphatic heterocycles. The monoisotopic (exact) mass is 196 g/mol. The van der Waals surface area contributed by atoms with Crippen molar-refractivity contribution < 1.29 is 0 Å². The van der Waals surface area contributed by atoms with E-state index >= 15 is 0 Å². The summed E-state index contributed by atoms with van der Waals surface area (Å²) in [6, 6.07) is 0. The van der Waals surface area contributed by atoms with Gasteiger partial charge in [0, 0.05) is 18.9 Å². The molecule has 0 aromatic rings. The van der Waals surface area contributed by atoms with Gasteiger partial charge in [-0.3, -0.25) is 4.99 Å². The Labute approximate surface area is 88.5 Å². The van der Waals surface area contributed by atoms with E-state index in [4.69, 9.17) is 0 Å². The lowest BCUT2D eigenvalue weighted by Gasteiger charge is -2.08. The van der Waals surface area contributed by atoms with Crippen molar-refractivity contribution in [2.24, 2.45) is 10.9 Å². The summed E-state index contributed by atoms with van der Waals surface area (Å²) >= 11 is 0. The highest BCUT2D eigenvalue weighted by Gasteiger charge is 1.98. The van der Waals surface area contributed by atoms with Crippen LogP contribution >= 0.6 is 0 Å². The van der Waals surface area contributed by atoms with Crippen LogP contribution in [0.15, 0.2) is 17.4 Å². The van der Waals surface area contributed by atoms with Crippen LogP contribution in [-0.2, 0) is 0 Å². The Morgan fingerprint density at radius 3 is 2.79 bits per heavy atom. The van der Waals surface area contributed by atoms with Gasteiger partial charge in [-0.1, -0.05) is 39.5 Å². The summed E-state index contributed by atoms with van der Waals surface area (Å²) in [5, 5.41) is 3.18. The number of hydrogen-bond acceptors (Lipinski definition) is 2. The van der Waals surface area contributed by atoms with E-state index in [1.165, 1.54) is 32.1 Å². The lowest BCUT2D eigenvalue weighted by atomic mass is 9.99. The third-order valence-corrected chi connectivity index (χ3v) is 2.35. The fourth-order valence-electron chi connectivity index (χ4n) is 1.55. The Hall–Kier alpha value is -0.790. The summed E-state index contributed by atoms with van der Waals surface area (Å²) in [7, 11) is 0. The molecule has 0 aliphatic carbocycles. The quantitative estimate of drug-likeness (QED) is 0.444. The van der Waals surface area contributed by atoms with Gasteiger partial charge in [-0.15, -0.1) is 0 Å². The molecule has 0 unspecified atom stereocenters. The Morgan fingerprint density at radius 2 is 2.14 bits per heavy atom. The van der Waals surface area contributed by atoms with E-state index < -0.39 is 0 Å². The minimum Gasteiger partial charge on any atom is -0.390 e. The maximum Gasteiger partial charge on any atom is 0.0417 e. The maximum atomic E-state index is 3.61. The number of nitrogens with one attached hydrogen (secondary N) is 1. The van der Waals surface area contributed by atoms with E-state index in [0.717, 1.165) is 12.5 Å². The van der Waals surface area contributed by atoms with Gasteiger partial charge in [0.2, 0.25) is 0 Å². The molecule has 0 saturated carbocycles. The van der Waals surface area contributed by atoms with Crippen LogP contribution < -0.4 is 5.32 Å². The van der Waals surface area contributed by atoms with E-state index in [1.54, 1.807) is 6.20 Å². The van der Waals surface area contributed by atoms with Gasteiger partial charge < -0.3 is 5.32 Å². The molecule has 2 heteroatoms. The Morgan fingerprint density at radius 1 is 1.36 bits per heavy atom. The molecule has 0 heterocycles. The fraction of sp³-hybridized carbons (Fsp3) is 0.750. The molecule has 2 nitrogen and oxygen atoms in total. The van der Waals surface area contributed by atoms with E-state index in [2.05, 4.69) is 30.9 Å². The van der Waals surface area contributed by atoms with Gasteiger partial charge in [0.05, 0.1) is 0 Å². The SMILES string of the molecule is C=N/C=C\NCCCC[C@H](C)CCC. The summed E-state index contributed by atoms with van der Waals surface area (Å²) in [6.07, 6.45) is 10.1. The zero-order valence-electron chi connectivity index (χ0n) is 9.63. The van der Waals surface area contributed by atoms with Crippen LogP contribution in [0.25, 0.3) is 0 Å². The maximum absolute atomic E-state index is 3.61. The number of aliphatic imine (C=N–C) groups is 1. The summed E-state index contributed by atoms with van der Waals surface area (Å²) in [5.74, 6) is 0.894. The van der Waals surface area contributed by atoms with E-state index in [-0.39, 0.29) is 0 Å². The van der Waals surface area contributed by atoms with Crippen molar-refractivity contribution in [2.45, 2.75) is 46.0 Å². The van der Waals surface area contributed by atoms with Crippen LogP contribution in [0.3, 0.4) is 0 Å². The van der Waals surface area contributed by atoms with Crippen LogP contribution in [-0.4, -0.2) is 13.3 Å². The standard InChI is InChI=1S/C12H24N2/c1-4-7-12(2)8-5-6-9-14-11-10-13-3/h10-12,14H,3-9H2,1-2H3/b11-10-/t12-/m1/s1. The molecule has 0 fully saturated rings. The van der Waals surface area contributed by atoms with Crippen LogP contribution in [0, 0.1) is 5.92 Å². The molecular formula is C12H24N2. The molecule has 0 rings (SSSR count). The predicted molar refractivity (Wildman–Crippen MR) is 64.6 cm³/mol. The van der Waals surface area contributed by atoms with Crippen LogP contribution in [0.1, 0.15) is 46.0 Å². The second-order valence-corrected chi connectivity index (χ2v) is 3.84. The molecule has 14 heavy (non-hydrogen) atoms. The van der Waals surface area contributed by atoms with Crippen molar-refractivity contribution in [2.75, 3.05) is 6.54 Å². The minimum absolute atomic E-state index is 0.894. The predicted octanol–water partition coefficient (Wildman–Crippen LogP) is 3.35. The molecule has 0 aromatic heterocycles. The lowest BCUT2D eigenvalue weighted by Crippen LogP contribution is -2.07. The van der Waals surface area contributed by atoms with Crippen LogP contribution in [0.2, 0.25) is 0 Å². The third kappa shape index (κ3) is 9.30. The lowest BCUT2D eigenvalue weighted by molar-refractivity contribution is 0.459. The van der Waals surface area contributed by atoms with Gasteiger partial charge in [-0.05, 0) is 19.1 Å². The molecule has 1 N–H and O–H groups in total. The van der Waals surface area contributed by atoms with E-state index in [9.17, 15) is 0 Å². The smallest absolute Gasteiger partial charge is 0.0417 e. The van der Waals surface area contributed by atoms with E-state index in [0.29, 0.717) is 0 Å². The van der Waals surface area contributed by atoms with E-state index in [1.807, 2.05) is 6.20 Å². The molecule has 0 bridgehead atoms. The Balaban J connectivity index is 3.12. The van der Waals surface area contributed by atoms with Gasteiger partial charge >= 0.3 is 0 Å². The van der Waals surface area contributed by atoms with Crippen molar-refractivity contribution >= 4 is 6.72 Å². The van der Waals surface area contributed by atoms with Gasteiger partial charge in [0.1, 0.15) is 0 Å². The average Bonchev–Trinajstić information content (AvgIpc) is 2.17. The highest BCUT2D eigenvalue weighted by molar-refractivity contribution is 5.25. The molecule has 1 atom stereocenters. The highest BCUT2D eigenvalue weighted by Crippen LogP contribution is 2.12. The Kier molecular flexibility index (Phi) is 9.71. The van der Waals surface area contributed by atoms with Crippen molar-refractivity contribution in [1.29, 1.82) is 0 Å². The van der Waals surface area contributed by atoms with Crippen molar-refractivity contribution in [3.63, 3.8) is 0 Å². The summed E-state index contributed by atoms with van der Waals surface area (Å²) < 4.78 is 0. The van der Waals surface area contributed by atoms with Crippen LogP contribution in [0.5, 0.6) is 0 Å².